The number of rotatable bonds is 13. The summed E-state index contributed by atoms with van der Waals surface area (Å²) in [6, 6.07) is 22.8. The molecule has 4 aromatic rings. The van der Waals surface area contributed by atoms with Crippen LogP contribution in [0.2, 0.25) is 0 Å². The molecule has 1 unspecified atom stereocenters. The number of nitrogens with zero attached hydrogens (tertiary/aromatic N) is 3. The molecule has 0 bridgehead atoms. The highest BCUT2D eigenvalue weighted by Crippen LogP contribution is 2.29. The Hall–Kier alpha value is -3.70. The lowest BCUT2D eigenvalue weighted by molar-refractivity contribution is 0.504. The summed E-state index contributed by atoms with van der Waals surface area (Å²) in [5.41, 5.74) is 8.41. The van der Waals surface area contributed by atoms with Crippen LogP contribution in [0.1, 0.15) is 67.0 Å². The molecule has 0 fully saturated rings. The van der Waals surface area contributed by atoms with Crippen LogP contribution in [0.4, 0.5) is 0 Å². The van der Waals surface area contributed by atoms with E-state index in [9.17, 15) is 0 Å². The molecule has 220 valence electrons. The molecule has 1 N–H and O–H groups in total. The molecule has 5 heteroatoms. The molecular weight excluding hydrogens is 580 g/mol. The van der Waals surface area contributed by atoms with Gasteiger partial charge in [0.05, 0.1) is 16.4 Å². The molecule has 4 nitrogen and oxygen atoms in total. The van der Waals surface area contributed by atoms with Crippen molar-refractivity contribution in [2.45, 2.75) is 66.3 Å². The van der Waals surface area contributed by atoms with Crippen molar-refractivity contribution in [3.63, 3.8) is 0 Å². The minimum Gasteiger partial charge on any atom is -0.366 e. The normalized spacial score (nSPS) is 11.8. The van der Waals surface area contributed by atoms with E-state index in [1.807, 2.05) is 41.3 Å². The smallest absolute Gasteiger partial charge is 0.128 e. The van der Waals surface area contributed by atoms with Gasteiger partial charge in [0.2, 0.25) is 0 Å². The molecule has 1 atom stereocenters. The molecule has 0 aliphatic carbocycles. The fraction of sp³-hybridized carbons (Fsp3) is 0.297. The number of hydrogen-bond acceptors (Lipinski definition) is 3. The first-order chi connectivity index (χ1) is 20.3. The van der Waals surface area contributed by atoms with E-state index in [1.54, 1.807) is 6.20 Å². The Bertz CT molecular complexity index is 1440. The van der Waals surface area contributed by atoms with Crippen LogP contribution in [0.25, 0.3) is 11.4 Å². The van der Waals surface area contributed by atoms with E-state index >= 15 is 0 Å². The van der Waals surface area contributed by atoms with Crippen molar-refractivity contribution >= 4 is 27.3 Å². The van der Waals surface area contributed by atoms with E-state index in [1.165, 1.54) is 22.3 Å². The van der Waals surface area contributed by atoms with Crippen molar-refractivity contribution in [3.8, 4) is 0 Å². The summed E-state index contributed by atoms with van der Waals surface area (Å²) in [5, 5.41) is 8.15. The van der Waals surface area contributed by atoms with E-state index in [0.29, 0.717) is 12.5 Å². The van der Waals surface area contributed by atoms with Gasteiger partial charge >= 0.3 is 0 Å². The molecule has 0 amide bonds. The van der Waals surface area contributed by atoms with Gasteiger partial charge in [0, 0.05) is 18.9 Å². The highest BCUT2D eigenvalue weighted by Gasteiger charge is 2.15. The van der Waals surface area contributed by atoms with Crippen molar-refractivity contribution in [2.24, 2.45) is 5.92 Å². The second-order valence-electron chi connectivity index (χ2n) is 10.8. The number of benzene rings is 2. The zero-order valence-electron chi connectivity index (χ0n) is 25.6. The van der Waals surface area contributed by atoms with E-state index in [-0.39, 0.29) is 0 Å². The summed E-state index contributed by atoms with van der Waals surface area (Å²) in [6.45, 7) is 18.1. The molecule has 0 spiro atoms. The summed E-state index contributed by atoms with van der Waals surface area (Å²) < 4.78 is 2.92. The number of aryl methyl sites for hydroxylation is 2. The zero-order chi connectivity index (χ0) is 30.3. The summed E-state index contributed by atoms with van der Waals surface area (Å²) in [6.07, 6.45) is 13.1. The second kappa shape index (κ2) is 17.3. The van der Waals surface area contributed by atoms with E-state index in [4.69, 9.17) is 0 Å². The molecule has 42 heavy (non-hydrogen) atoms. The van der Waals surface area contributed by atoms with Gasteiger partial charge in [0.1, 0.15) is 5.82 Å². The number of aromatic nitrogens is 3. The fourth-order valence-corrected chi connectivity index (χ4v) is 5.13. The van der Waals surface area contributed by atoms with Crippen LogP contribution in [-0.4, -0.2) is 14.8 Å². The van der Waals surface area contributed by atoms with Crippen LogP contribution >= 0.6 is 15.9 Å². The molecule has 0 aliphatic rings. The number of hydrogen-bond donors (Lipinski definition) is 1. The van der Waals surface area contributed by atoms with Gasteiger partial charge in [-0.25, -0.2) is 4.68 Å². The summed E-state index contributed by atoms with van der Waals surface area (Å²) in [5.74, 6) is 1.34. The minimum absolute atomic E-state index is 0.416. The van der Waals surface area contributed by atoms with Gasteiger partial charge in [-0.1, -0.05) is 92.7 Å². The Morgan fingerprint density at radius 1 is 0.952 bits per heavy atom. The van der Waals surface area contributed by atoms with Gasteiger partial charge in [0.15, 0.2) is 0 Å². The summed E-state index contributed by atoms with van der Waals surface area (Å²) in [7, 11) is 0. The third-order valence-electron chi connectivity index (χ3n) is 7.36. The van der Waals surface area contributed by atoms with Crippen LogP contribution < -0.4 is 5.32 Å². The quantitative estimate of drug-likeness (QED) is 0.150. The van der Waals surface area contributed by atoms with E-state index in [0.717, 1.165) is 59.2 Å². The number of nitrogens with one attached hydrogen (secondary N) is 1. The van der Waals surface area contributed by atoms with Gasteiger partial charge in [-0.15, -0.1) is 0 Å². The number of allylic oxidation sites excluding steroid dienone is 3. The van der Waals surface area contributed by atoms with E-state index < -0.39 is 0 Å². The molecule has 4 rings (SSSR count). The lowest BCUT2D eigenvalue weighted by Gasteiger charge is -2.20. The Kier molecular flexibility index (Phi) is 13.5. The minimum atomic E-state index is 0.416. The first kappa shape index (κ1) is 32.8. The third-order valence-corrected chi connectivity index (χ3v) is 8.13. The van der Waals surface area contributed by atoms with Crippen LogP contribution in [0, 0.1) is 26.7 Å². The van der Waals surface area contributed by atoms with Crippen molar-refractivity contribution in [3.05, 3.63) is 143 Å². The first-order valence-electron chi connectivity index (χ1n) is 14.8. The second-order valence-corrected chi connectivity index (χ2v) is 11.6. The highest BCUT2D eigenvalue weighted by molar-refractivity contribution is 9.10. The van der Waals surface area contributed by atoms with E-state index in [2.05, 4.69) is 121 Å². The molecule has 0 saturated heterocycles. The van der Waals surface area contributed by atoms with Gasteiger partial charge in [0.25, 0.3) is 0 Å². The maximum Gasteiger partial charge on any atom is 0.128 e. The largest absolute Gasteiger partial charge is 0.366 e. The average molecular weight is 626 g/mol. The number of pyridine rings is 1. The Labute approximate surface area is 261 Å². The molecule has 0 saturated carbocycles. The molecule has 2 heterocycles. The summed E-state index contributed by atoms with van der Waals surface area (Å²) in [4.78, 5) is 4.23. The predicted molar refractivity (Wildman–Crippen MR) is 183 cm³/mol. The predicted octanol–water partition coefficient (Wildman–Crippen LogP) is 10.1. The molecular formula is C37H45BrN4. The van der Waals surface area contributed by atoms with Gasteiger partial charge < -0.3 is 5.32 Å². The van der Waals surface area contributed by atoms with Crippen LogP contribution in [-0.2, 0) is 6.54 Å². The Balaban J connectivity index is 0.000000603. The fourth-order valence-electron chi connectivity index (χ4n) is 4.87. The van der Waals surface area contributed by atoms with Gasteiger partial charge in [-0.2, -0.15) is 5.10 Å². The molecule has 0 aliphatic heterocycles. The van der Waals surface area contributed by atoms with Crippen molar-refractivity contribution < 1.29 is 0 Å². The maximum absolute atomic E-state index is 4.58. The van der Waals surface area contributed by atoms with Crippen molar-refractivity contribution in [1.82, 2.24) is 20.1 Å². The first-order valence-corrected chi connectivity index (χ1v) is 15.6. The lowest BCUT2D eigenvalue weighted by Crippen LogP contribution is -2.20. The lowest BCUT2D eigenvalue weighted by atomic mass is 9.88. The maximum atomic E-state index is 4.58. The molecule has 0 radical (unpaired) electrons. The van der Waals surface area contributed by atoms with Gasteiger partial charge in [-0.05, 0) is 108 Å². The monoisotopic (exact) mass is 624 g/mol. The molecule has 2 aromatic carbocycles. The van der Waals surface area contributed by atoms with Crippen molar-refractivity contribution in [1.29, 1.82) is 0 Å². The van der Waals surface area contributed by atoms with Crippen LogP contribution in [0.5, 0.6) is 0 Å². The number of halogens is 1. The van der Waals surface area contributed by atoms with Crippen LogP contribution in [0.3, 0.4) is 0 Å². The SMILES string of the molecule is C=C(CCCC(CCC)C(=C)/C=C(/NCc1cccnc1)n1ncc(Br)c1C)c1ccccc1C.Cc1ccccc1. The van der Waals surface area contributed by atoms with Gasteiger partial charge in [-0.3, -0.25) is 4.98 Å². The Morgan fingerprint density at radius 3 is 2.29 bits per heavy atom. The molecule has 2 aromatic heterocycles. The van der Waals surface area contributed by atoms with Crippen LogP contribution in [0.15, 0.2) is 115 Å². The third kappa shape index (κ3) is 10.3. The topological polar surface area (TPSA) is 42.7 Å². The Morgan fingerprint density at radius 2 is 1.69 bits per heavy atom. The zero-order valence-corrected chi connectivity index (χ0v) is 27.2. The summed E-state index contributed by atoms with van der Waals surface area (Å²) >= 11 is 3.59. The van der Waals surface area contributed by atoms with Crippen molar-refractivity contribution in [2.75, 3.05) is 0 Å². The standard InChI is InChI=1S/C30H37BrN4.C7H8/c1-6-11-27(15-9-13-23(3)28-16-8-7-12-22(28)2)24(4)18-30(35-25(5)29(31)21-34-35)33-20-26-14-10-17-32-19-26;1-7-5-3-2-4-6-7/h7-8,10,12,14,16-19,21,27,33H,3-4,6,9,11,13,15,20H2,1-2,5H3;2-6H,1H3/b30-18-;. The average Bonchev–Trinajstić information content (AvgIpc) is 3.33. The highest BCUT2D eigenvalue weighted by atomic mass is 79.9.